The molecule has 4 N–H and O–H groups in total. The van der Waals surface area contributed by atoms with E-state index in [9.17, 15) is 4.79 Å². The summed E-state index contributed by atoms with van der Waals surface area (Å²) in [4.78, 5) is 14.8. The van der Waals surface area contributed by atoms with Crippen LogP contribution in [0.15, 0.2) is 29.1 Å². The number of nitrogen functional groups attached to an aromatic ring is 1. The Morgan fingerprint density at radius 3 is 3.00 bits per heavy atom. The topological polar surface area (TPSA) is 114 Å². The molecule has 17 heavy (non-hydrogen) atoms. The molecule has 0 aliphatic rings. The summed E-state index contributed by atoms with van der Waals surface area (Å²) >= 11 is 0. The first-order chi connectivity index (χ1) is 8.18. The SMILES string of the molecule is Nc1c(C(=O)O)ccnc1NCc1ccon1. The molecule has 7 nitrogen and oxygen atoms in total. The van der Waals surface area contributed by atoms with Crippen LogP contribution in [-0.4, -0.2) is 21.2 Å². The number of hydrogen-bond acceptors (Lipinski definition) is 6. The second kappa shape index (κ2) is 4.52. The Morgan fingerprint density at radius 2 is 2.35 bits per heavy atom. The number of carboxylic acids is 1. The quantitative estimate of drug-likeness (QED) is 0.721. The van der Waals surface area contributed by atoms with Gasteiger partial charge in [-0.15, -0.1) is 0 Å². The van der Waals surface area contributed by atoms with Crippen LogP contribution >= 0.6 is 0 Å². The molecular weight excluding hydrogens is 224 g/mol. The maximum absolute atomic E-state index is 10.8. The molecule has 2 aromatic rings. The fourth-order valence-corrected chi connectivity index (χ4v) is 1.30. The van der Waals surface area contributed by atoms with Gasteiger partial charge in [0.25, 0.3) is 0 Å². The lowest BCUT2D eigenvalue weighted by molar-refractivity contribution is 0.0698. The van der Waals surface area contributed by atoms with Crippen molar-refractivity contribution in [1.82, 2.24) is 10.1 Å². The molecule has 7 heteroatoms. The number of nitrogens with one attached hydrogen (secondary N) is 1. The molecule has 0 spiro atoms. The number of nitrogens with two attached hydrogens (primary N) is 1. The maximum Gasteiger partial charge on any atom is 0.337 e. The first-order valence-electron chi connectivity index (χ1n) is 4.79. The van der Waals surface area contributed by atoms with Gasteiger partial charge in [0.2, 0.25) is 0 Å². The number of nitrogens with zero attached hydrogens (tertiary/aromatic N) is 2. The molecule has 2 rings (SSSR count). The van der Waals surface area contributed by atoms with Gasteiger partial charge in [0, 0.05) is 12.3 Å². The van der Waals surface area contributed by atoms with Gasteiger partial charge in [-0.2, -0.15) is 0 Å². The zero-order chi connectivity index (χ0) is 12.3. The average molecular weight is 234 g/mol. The molecule has 2 aromatic heterocycles. The summed E-state index contributed by atoms with van der Waals surface area (Å²) in [5.41, 5.74) is 6.46. The fourth-order valence-electron chi connectivity index (χ4n) is 1.30. The van der Waals surface area contributed by atoms with Crippen molar-refractivity contribution in [1.29, 1.82) is 0 Å². The van der Waals surface area contributed by atoms with E-state index in [1.807, 2.05) is 0 Å². The number of aromatic nitrogens is 2. The van der Waals surface area contributed by atoms with Crippen LogP contribution in [0.2, 0.25) is 0 Å². The van der Waals surface area contributed by atoms with E-state index in [1.165, 1.54) is 18.5 Å². The molecule has 0 aromatic carbocycles. The Balaban J connectivity index is 2.16. The summed E-state index contributed by atoms with van der Waals surface area (Å²) in [5, 5.41) is 15.5. The fraction of sp³-hybridized carbons (Fsp3) is 0.100. The van der Waals surface area contributed by atoms with Gasteiger partial charge < -0.3 is 20.7 Å². The molecule has 0 saturated heterocycles. The molecule has 0 fully saturated rings. The van der Waals surface area contributed by atoms with Crippen LogP contribution < -0.4 is 11.1 Å². The first-order valence-corrected chi connectivity index (χ1v) is 4.79. The number of rotatable bonds is 4. The molecule has 0 saturated carbocycles. The summed E-state index contributed by atoms with van der Waals surface area (Å²) in [6, 6.07) is 3.03. The van der Waals surface area contributed by atoms with E-state index in [1.54, 1.807) is 6.07 Å². The van der Waals surface area contributed by atoms with Crippen molar-refractivity contribution in [3.63, 3.8) is 0 Å². The van der Waals surface area contributed by atoms with E-state index in [-0.39, 0.29) is 11.3 Å². The van der Waals surface area contributed by atoms with Gasteiger partial charge in [0.1, 0.15) is 17.8 Å². The standard InChI is InChI=1S/C10H10N4O3/c11-8-7(10(15)16)1-3-12-9(8)13-5-6-2-4-17-14-6/h1-4H,5,11H2,(H,12,13)(H,15,16). The Morgan fingerprint density at radius 1 is 1.53 bits per heavy atom. The highest BCUT2D eigenvalue weighted by Gasteiger charge is 2.12. The lowest BCUT2D eigenvalue weighted by Gasteiger charge is -2.08. The highest BCUT2D eigenvalue weighted by Crippen LogP contribution is 2.20. The van der Waals surface area contributed by atoms with Crippen molar-refractivity contribution >= 4 is 17.5 Å². The van der Waals surface area contributed by atoms with E-state index in [4.69, 9.17) is 10.8 Å². The molecule has 0 aliphatic carbocycles. The molecule has 0 atom stereocenters. The predicted octanol–water partition coefficient (Wildman–Crippen LogP) is 0.962. The van der Waals surface area contributed by atoms with Crippen LogP contribution in [0.25, 0.3) is 0 Å². The summed E-state index contributed by atoms with van der Waals surface area (Å²) in [7, 11) is 0. The Hall–Kier alpha value is -2.57. The van der Waals surface area contributed by atoms with Crippen molar-refractivity contribution in [2.75, 3.05) is 11.1 Å². The average Bonchev–Trinajstić information content (AvgIpc) is 2.80. The molecule has 88 valence electrons. The van der Waals surface area contributed by atoms with E-state index >= 15 is 0 Å². The van der Waals surface area contributed by atoms with Gasteiger partial charge in [-0.05, 0) is 6.07 Å². The number of aromatic carboxylic acids is 1. The molecule has 0 bridgehead atoms. The van der Waals surface area contributed by atoms with Gasteiger partial charge in [-0.25, -0.2) is 9.78 Å². The Labute approximate surface area is 96.2 Å². The van der Waals surface area contributed by atoms with E-state index in [0.717, 1.165) is 0 Å². The molecule has 0 aliphatic heterocycles. The summed E-state index contributed by atoms with van der Waals surface area (Å²) < 4.78 is 4.66. The number of pyridine rings is 1. The molecule has 0 unspecified atom stereocenters. The van der Waals surface area contributed by atoms with Gasteiger partial charge >= 0.3 is 5.97 Å². The van der Waals surface area contributed by atoms with Gasteiger partial charge in [0.05, 0.1) is 17.8 Å². The third-order valence-corrected chi connectivity index (χ3v) is 2.15. The van der Waals surface area contributed by atoms with Crippen molar-refractivity contribution < 1.29 is 14.4 Å². The van der Waals surface area contributed by atoms with Crippen molar-refractivity contribution in [2.45, 2.75) is 6.54 Å². The van der Waals surface area contributed by atoms with Crippen molar-refractivity contribution in [2.24, 2.45) is 0 Å². The van der Waals surface area contributed by atoms with Crippen molar-refractivity contribution in [3.8, 4) is 0 Å². The number of carbonyl (C=O) groups is 1. The summed E-state index contributed by atoms with van der Waals surface area (Å²) in [5.74, 6) is -0.776. The van der Waals surface area contributed by atoms with Crippen LogP contribution in [0, 0.1) is 0 Å². The zero-order valence-electron chi connectivity index (χ0n) is 8.75. The third kappa shape index (κ3) is 2.33. The Kier molecular flexibility index (Phi) is 2.91. The highest BCUT2D eigenvalue weighted by molar-refractivity contribution is 5.96. The first kappa shape index (κ1) is 10.9. The van der Waals surface area contributed by atoms with Crippen LogP contribution in [0.3, 0.4) is 0 Å². The van der Waals surface area contributed by atoms with Crippen LogP contribution in [0.4, 0.5) is 11.5 Å². The highest BCUT2D eigenvalue weighted by atomic mass is 16.5. The third-order valence-electron chi connectivity index (χ3n) is 2.15. The van der Waals surface area contributed by atoms with Crippen LogP contribution in [-0.2, 0) is 6.54 Å². The monoisotopic (exact) mass is 234 g/mol. The summed E-state index contributed by atoms with van der Waals surface area (Å²) in [6.45, 7) is 0.358. The van der Waals surface area contributed by atoms with Gasteiger partial charge in [0.15, 0.2) is 0 Å². The van der Waals surface area contributed by atoms with E-state index in [2.05, 4.69) is 20.0 Å². The Bertz CT molecular complexity index is 524. The largest absolute Gasteiger partial charge is 0.478 e. The molecular formula is C10H10N4O3. The molecule has 2 heterocycles. The van der Waals surface area contributed by atoms with E-state index in [0.29, 0.717) is 18.1 Å². The molecule has 0 radical (unpaired) electrons. The van der Waals surface area contributed by atoms with Crippen molar-refractivity contribution in [3.05, 3.63) is 35.9 Å². The summed E-state index contributed by atoms with van der Waals surface area (Å²) in [6.07, 6.45) is 2.83. The van der Waals surface area contributed by atoms with E-state index < -0.39 is 5.97 Å². The number of hydrogen-bond donors (Lipinski definition) is 3. The lowest BCUT2D eigenvalue weighted by Crippen LogP contribution is -2.09. The minimum absolute atomic E-state index is 0.0163. The molecule has 0 amide bonds. The predicted molar refractivity (Wildman–Crippen MR) is 59.4 cm³/mol. The second-order valence-electron chi connectivity index (χ2n) is 3.27. The second-order valence-corrected chi connectivity index (χ2v) is 3.27. The smallest absolute Gasteiger partial charge is 0.337 e. The van der Waals surface area contributed by atoms with Crippen LogP contribution in [0.1, 0.15) is 16.1 Å². The normalized spacial score (nSPS) is 10.1. The maximum atomic E-state index is 10.8. The minimum atomic E-state index is -1.09. The van der Waals surface area contributed by atoms with Gasteiger partial charge in [-0.1, -0.05) is 5.16 Å². The number of anilines is 2. The van der Waals surface area contributed by atoms with Gasteiger partial charge in [-0.3, -0.25) is 0 Å². The van der Waals surface area contributed by atoms with Crippen LogP contribution in [0.5, 0.6) is 0 Å². The zero-order valence-corrected chi connectivity index (χ0v) is 8.75. The number of carboxylic acid groups (broad SMARTS) is 1. The lowest BCUT2D eigenvalue weighted by atomic mass is 10.2. The minimum Gasteiger partial charge on any atom is -0.478 e.